The third kappa shape index (κ3) is 1.98. The van der Waals surface area contributed by atoms with E-state index in [1.54, 1.807) is 25.2 Å². The van der Waals surface area contributed by atoms with E-state index in [1.807, 2.05) is 0 Å². The van der Waals surface area contributed by atoms with Crippen LogP contribution in [0, 0.1) is 0 Å². The molecule has 78 valence electrons. The zero-order valence-corrected chi connectivity index (χ0v) is 9.51. The van der Waals surface area contributed by atoms with Crippen LogP contribution in [0.25, 0.3) is 0 Å². The lowest BCUT2D eigenvalue weighted by Crippen LogP contribution is -2.14. The first-order chi connectivity index (χ1) is 7.08. The van der Waals surface area contributed by atoms with Crippen molar-refractivity contribution in [3.05, 3.63) is 33.8 Å². The Labute approximate surface area is 97.3 Å². The van der Waals surface area contributed by atoms with Crippen LogP contribution in [0.4, 0.5) is 0 Å². The van der Waals surface area contributed by atoms with Crippen LogP contribution in [0.3, 0.4) is 0 Å². The molecule has 0 aromatic heterocycles. The minimum Gasteiger partial charge on any atom is -0.273 e. The Kier molecular flexibility index (Phi) is 2.67. The molecule has 0 fully saturated rings. The summed E-state index contributed by atoms with van der Waals surface area (Å²) < 4.78 is 0. The molecule has 1 heterocycles. The lowest BCUT2D eigenvalue weighted by Gasteiger charge is -2.02. The first-order valence-corrected chi connectivity index (χ1v) is 5.13. The lowest BCUT2D eigenvalue weighted by atomic mass is 10.1. The molecule has 0 N–H and O–H groups in total. The standard InChI is InChI=1S/C10H8Cl2N2O/c1-14-10(15)5-9(13-14)7-4-6(11)2-3-8(7)12/h2-4H,5H2,1H3. The van der Waals surface area contributed by atoms with Crippen molar-refractivity contribution in [1.29, 1.82) is 0 Å². The van der Waals surface area contributed by atoms with Crippen LogP contribution in [0.15, 0.2) is 23.3 Å². The summed E-state index contributed by atoms with van der Waals surface area (Å²) in [4.78, 5) is 11.3. The van der Waals surface area contributed by atoms with Crippen molar-refractivity contribution in [2.75, 3.05) is 7.05 Å². The van der Waals surface area contributed by atoms with Gasteiger partial charge in [-0.15, -0.1) is 0 Å². The highest BCUT2D eigenvalue weighted by molar-refractivity contribution is 6.36. The summed E-state index contributed by atoms with van der Waals surface area (Å²) in [5, 5.41) is 6.55. The van der Waals surface area contributed by atoms with Gasteiger partial charge in [-0.25, -0.2) is 5.01 Å². The summed E-state index contributed by atoms with van der Waals surface area (Å²) in [6.45, 7) is 0. The maximum atomic E-state index is 11.3. The zero-order chi connectivity index (χ0) is 11.0. The summed E-state index contributed by atoms with van der Waals surface area (Å²) in [6.07, 6.45) is 0.274. The molecule has 0 saturated heterocycles. The third-order valence-corrected chi connectivity index (χ3v) is 2.75. The molecule has 1 amide bonds. The molecule has 1 aliphatic heterocycles. The van der Waals surface area contributed by atoms with E-state index in [2.05, 4.69) is 5.10 Å². The Morgan fingerprint density at radius 3 is 2.73 bits per heavy atom. The molecule has 0 saturated carbocycles. The number of nitrogens with zero attached hydrogens (tertiary/aromatic N) is 2. The Hall–Kier alpha value is -1.06. The van der Waals surface area contributed by atoms with Crippen LogP contribution >= 0.6 is 23.2 Å². The highest BCUT2D eigenvalue weighted by atomic mass is 35.5. The number of carbonyl (C=O) groups is 1. The molecule has 0 radical (unpaired) electrons. The van der Waals surface area contributed by atoms with Crippen molar-refractivity contribution < 1.29 is 4.79 Å². The van der Waals surface area contributed by atoms with Crippen molar-refractivity contribution in [2.45, 2.75) is 6.42 Å². The molecule has 1 aromatic carbocycles. The maximum absolute atomic E-state index is 11.3. The largest absolute Gasteiger partial charge is 0.273 e. The van der Waals surface area contributed by atoms with Crippen LogP contribution in [0.2, 0.25) is 10.0 Å². The van der Waals surface area contributed by atoms with Crippen LogP contribution < -0.4 is 0 Å². The predicted octanol–water partition coefficient (Wildman–Crippen LogP) is 2.56. The Morgan fingerprint density at radius 1 is 1.40 bits per heavy atom. The molecule has 2 rings (SSSR count). The van der Waals surface area contributed by atoms with Gasteiger partial charge in [0.2, 0.25) is 5.91 Å². The van der Waals surface area contributed by atoms with E-state index in [9.17, 15) is 4.79 Å². The second kappa shape index (κ2) is 3.83. The van der Waals surface area contributed by atoms with Gasteiger partial charge in [0.25, 0.3) is 0 Å². The van der Waals surface area contributed by atoms with E-state index in [-0.39, 0.29) is 12.3 Å². The number of amides is 1. The van der Waals surface area contributed by atoms with Gasteiger partial charge in [0, 0.05) is 22.7 Å². The fraction of sp³-hybridized carbons (Fsp3) is 0.200. The third-order valence-electron chi connectivity index (χ3n) is 2.19. The quantitative estimate of drug-likeness (QED) is 0.746. The topological polar surface area (TPSA) is 32.7 Å². The summed E-state index contributed by atoms with van der Waals surface area (Å²) in [5.74, 6) is -0.0407. The molecular weight excluding hydrogens is 235 g/mol. The number of hydrogen-bond acceptors (Lipinski definition) is 2. The van der Waals surface area contributed by atoms with E-state index in [4.69, 9.17) is 23.2 Å². The molecule has 0 bridgehead atoms. The molecule has 0 atom stereocenters. The predicted molar refractivity (Wildman–Crippen MR) is 60.4 cm³/mol. The highest BCUT2D eigenvalue weighted by Gasteiger charge is 2.23. The fourth-order valence-electron chi connectivity index (χ4n) is 1.40. The van der Waals surface area contributed by atoms with E-state index in [0.29, 0.717) is 15.8 Å². The van der Waals surface area contributed by atoms with E-state index >= 15 is 0 Å². The molecular formula is C10H8Cl2N2O. The number of halogens is 2. The molecule has 5 heteroatoms. The fourth-order valence-corrected chi connectivity index (χ4v) is 1.80. The smallest absolute Gasteiger partial charge is 0.248 e. The van der Waals surface area contributed by atoms with Gasteiger partial charge in [-0.1, -0.05) is 23.2 Å². The molecule has 0 unspecified atom stereocenters. The normalized spacial score (nSPS) is 15.8. The average Bonchev–Trinajstić information content (AvgIpc) is 2.51. The Morgan fingerprint density at radius 2 is 2.13 bits per heavy atom. The van der Waals surface area contributed by atoms with Crippen molar-refractivity contribution in [2.24, 2.45) is 5.10 Å². The van der Waals surface area contributed by atoms with Gasteiger partial charge < -0.3 is 0 Å². The Balaban J connectivity index is 2.43. The lowest BCUT2D eigenvalue weighted by molar-refractivity contribution is -0.127. The second-order valence-corrected chi connectivity index (χ2v) is 4.11. The first-order valence-electron chi connectivity index (χ1n) is 4.37. The van der Waals surface area contributed by atoms with E-state index < -0.39 is 0 Å². The molecule has 3 nitrogen and oxygen atoms in total. The van der Waals surface area contributed by atoms with E-state index in [0.717, 1.165) is 5.56 Å². The molecule has 1 aliphatic rings. The average molecular weight is 243 g/mol. The van der Waals surface area contributed by atoms with Gasteiger partial charge in [-0.05, 0) is 18.2 Å². The maximum Gasteiger partial charge on any atom is 0.248 e. The zero-order valence-electron chi connectivity index (χ0n) is 8.00. The monoisotopic (exact) mass is 242 g/mol. The van der Waals surface area contributed by atoms with Crippen molar-refractivity contribution in [3.63, 3.8) is 0 Å². The summed E-state index contributed by atoms with van der Waals surface area (Å²) >= 11 is 11.9. The molecule has 1 aromatic rings. The van der Waals surface area contributed by atoms with Crippen molar-refractivity contribution in [1.82, 2.24) is 5.01 Å². The summed E-state index contributed by atoms with van der Waals surface area (Å²) in [7, 11) is 1.62. The van der Waals surface area contributed by atoms with E-state index in [1.165, 1.54) is 5.01 Å². The number of benzene rings is 1. The summed E-state index contributed by atoms with van der Waals surface area (Å²) in [5.41, 5.74) is 1.39. The first kappa shape index (κ1) is 10.5. The van der Waals surface area contributed by atoms with Gasteiger partial charge in [-0.3, -0.25) is 4.79 Å². The van der Waals surface area contributed by atoms with Crippen LogP contribution in [0.5, 0.6) is 0 Å². The van der Waals surface area contributed by atoms with Gasteiger partial charge in [0.1, 0.15) is 0 Å². The number of carbonyl (C=O) groups excluding carboxylic acids is 1. The molecule has 15 heavy (non-hydrogen) atoms. The van der Waals surface area contributed by atoms with Crippen molar-refractivity contribution in [3.8, 4) is 0 Å². The number of hydrogen-bond donors (Lipinski definition) is 0. The van der Waals surface area contributed by atoms with Gasteiger partial charge in [-0.2, -0.15) is 5.10 Å². The SMILES string of the molecule is CN1N=C(c2cc(Cl)ccc2Cl)CC1=O. The van der Waals surface area contributed by atoms with Crippen molar-refractivity contribution >= 4 is 34.8 Å². The highest BCUT2D eigenvalue weighted by Crippen LogP contribution is 2.24. The summed E-state index contributed by atoms with van der Waals surface area (Å²) in [6, 6.07) is 5.12. The van der Waals surface area contributed by atoms with Gasteiger partial charge >= 0.3 is 0 Å². The van der Waals surface area contributed by atoms with Crippen LogP contribution in [-0.4, -0.2) is 23.7 Å². The second-order valence-electron chi connectivity index (χ2n) is 3.26. The number of hydrazone groups is 1. The minimum atomic E-state index is -0.0407. The van der Waals surface area contributed by atoms with Crippen LogP contribution in [-0.2, 0) is 4.79 Å². The van der Waals surface area contributed by atoms with Crippen LogP contribution in [0.1, 0.15) is 12.0 Å². The molecule has 0 aliphatic carbocycles. The van der Waals surface area contributed by atoms with Gasteiger partial charge in [0.15, 0.2) is 0 Å². The minimum absolute atomic E-state index is 0.0407. The van der Waals surface area contributed by atoms with Gasteiger partial charge in [0.05, 0.1) is 12.1 Å². The Bertz CT molecular complexity index is 457. The molecule has 0 spiro atoms. The number of rotatable bonds is 1.